The zero-order chi connectivity index (χ0) is 20.0. The first-order valence-corrected chi connectivity index (χ1v) is 9.06. The van der Waals surface area contributed by atoms with E-state index >= 15 is 0 Å². The molecule has 1 atom stereocenters. The molecule has 1 aromatic carbocycles. The van der Waals surface area contributed by atoms with Crippen LogP contribution in [0.5, 0.6) is 5.75 Å². The fourth-order valence-electron chi connectivity index (χ4n) is 2.10. The fourth-order valence-corrected chi connectivity index (χ4v) is 2.53. The largest absolute Gasteiger partial charge is 0.482 e. The topological polar surface area (TPSA) is 77.5 Å². The van der Waals surface area contributed by atoms with Gasteiger partial charge in [-0.2, -0.15) is 0 Å². The van der Waals surface area contributed by atoms with E-state index in [0.29, 0.717) is 16.7 Å². The second-order valence-corrected chi connectivity index (χ2v) is 6.96. The number of hydrogen-bond acceptors (Lipinski definition) is 5. The lowest BCUT2D eigenvalue weighted by molar-refractivity contribution is -0.155. The normalized spacial score (nSPS) is 11.8. The van der Waals surface area contributed by atoms with E-state index in [1.54, 1.807) is 12.1 Å². The highest BCUT2D eigenvalue weighted by Crippen LogP contribution is 2.22. The molecule has 0 aliphatic carbocycles. The van der Waals surface area contributed by atoms with Crippen LogP contribution >= 0.6 is 23.2 Å². The van der Waals surface area contributed by atoms with Crippen LogP contribution in [0.25, 0.3) is 0 Å². The summed E-state index contributed by atoms with van der Waals surface area (Å²) in [5.74, 6) is -0.143. The summed E-state index contributed by atoms with van der Waals surface area (Å²) in [6.45, 7) is 5.31. The summed E-state index contributed by atoms with van der Waals surface area (Å²) in [4.78, 5) is 27.9. The van der Waals surface area contributed by atoms with Crippen molar-refractivity contribution in [1.82, 2.24) is 4.98 Å². The summed E-state index contributed by atoms with van der Waals surface area (Å²) in [5.41, 5.74) is 1.17. The summed E-state index contributed by atoms with van der Waals surface area (Å²) >= 11 is 11.7. The maximum Gasteiger partial charge on any atom is 0.344 e. The average molecular weight is 411 g/mol. The highest BCUT2D eigenvalue weighted by Gasteiger charge is 2.19. The van der Waals surface area contributed by atoms with Crippen LogP contribution in [0.1, 0.15) is 32.3 Å². The Morgan fingerprint density at radius 3 is 2.41 bits per heavy atom. The number of benzene rings is 1. The van der Waals surface area contributed by atoms with Gasteiger partial charge in [0, 0.05) is 6.20 Å². The number of hydrogen-bond donors (Lipinski definition) is 1. The van der Waals surface area contributed by atoms with Gasteiger partial charge in [0.2, 0.25) is 0 Å². The summed E-state index contributed by atoms with van der Waals surface area (Å²) in [6.07, 6.45) is 0.302. The van der Waals surface area contributed by atoms with Gasteiger partial charge in [-0.05, 0) is 36.6 Å². The van der Waals surface area contributed by atoms with Gasteiger partial charge in [-0.25, -0.2) is 9.78 Å². The predicted molar refractivity (Wildman–Crippen MR) is 104 cm³/mol. The van der Waals surface area contributed by atoms with E-state index in [-0.39, 0.29) is 17.4 Å². The molecule has 0 unspecified atom stereocenters. The first-order chi connectivity index (χ1) is 12.8. The number of anilines is 1. The van der Waals surface area contributed by atoms with Crippen LogP contribution in [0.3, 0.4) is 0 Å². The number of halogens is 2. The molecule has 27 heavy (non-hydrogen) atoms. The molecule has 0 radical (unpaired) electrons. The van der Waals surface area contributed by atoms with E-state index in [1.165, 1.54) is 24.8 Å². The summed E-state index contributed by atoms with van der Waals surface area (Å²) < 4.78 is 10.4. The zero-order valence-corrected chi connectivity index (χ0v) is 16.7. The predicted octanol–water partition coefficient (Wildman–Crippen LogP) is 4.46. The van der Waals surface area contributed by atoms with Crippen molar-refractivity contribution in [3.63, 3.8) is 0 Å². The fraction of sp³-hybridized carbons (Fsp3) is 0.316. The maximum atomic E-state index is 12.1. The number of carbonyl (C=O) groups excluding carboxylic acids is 2. The number of nitrogens with zero attached hydrogens (tertiary/aromatic N) is 1. The molecule has 0 aliphatic heterocycles. The van der Waals surface area contributed by atoms with Crippen LogP contribution in [0.2, 0.25) is 10.0 Å². The number of aromatic nitrogens is 1. The van der Waals surface area contributed by atoms with Crippen molar-refractivity contribution < 1.29 is 19.1 Å². The zero-order valence-electron chi connectivity index (χ0n) is 15.2. The Kier molecular flexibility index (Phi) is 7.45. The van der Waals surface area contributed by atoms with Crippen LogP contribution < -0.4 is 10.1 Å². The van der Waals surface area contributed by atoms with Gasteiger partial charge in [-0.15, -0.1) is 0 Å². The third-order valence-corrected chi connectivity index (χ3v) is 4.13. The average Bonchev–Trinajstić information content (AvgIpc) is 2.62. The van der Waals surface area contributed by atoms with Crippen molar-refractivity contribution in [3.8, 4) is 5.75 Å². The van der Waals surface area contributed by atoms with Crippen molar-refractivity contribution in [3.05, 3.63) is 52.1 Å². The quantitative estimate of drug-likeness (QED) is 0.681. The monoisotopic (exact) mass is 410 g/mol. The van der Waals surface area contributed by atoms with E-state index in [1.807, 2.05) is 12.1 Å². The Hall–Kier alpha value is -2.31. The molecular weight excluding hydrogens is 391 g/mol. The van der Waals surface area contributed by atoms with Gasteiger partial charge in [0.1, 0.15) is 5.75 Å². The standard InChI is InChI=1S/C19H20Cl2N2O4/c1-11(2)13-4-6-15(7-5-13)26-10-17(24)27-12(3)19(25)23-18-16(21)8-14(20)9-22-18/h4-9,11-12H,10H2,1-3H3,(H,22,23,25)/t12-/m1/s1. The van der Waals surface area contributed by atoms with E-state index < -0.39 is 18.0 Å². The van der Waals surface area contributed by atoms with Crippen molar-refractivity contribution in [2.75, 3.05) is 11.9 Å². The Bertz CT molecular complexity index is 810. The van der Waals surface area contributed by atoms with Gasteiger partial charge >= 0.3 is 5.97 Å². The van der Waals surface area contributed by atoms with E-state index in [4.69, 9.17) is 32.7 Å². The van der Waals surface area contributed by atoms with Gasteiger partial charge in [0.25, 0.3) is 5.91 Å². The molecule has 8 heteroatoms. The van der Waals surface area contributed by atoms with Gasteiger partial charge in [0.15, 0.2) is 18.5 Å². The van der Waals surface area contributed by atoms with Crippen molar-refractivity contribution in [2.24, 2.45) is 0 Å². The molecule has 0 saturated heterocycles. The number of carbonyl (C=O) groups is 2. The number of nitrogens with one attached hydrogen (secondary N) is 1. The molecule has 1 heterocycles. The number of rotatable bonds is 7. The Balaban J connectivity index is 1.82. The number of amides is 1. The van der Waals surface area contributed by atoms with Gasteiger partial charge in [-0.1, -0.05) is 49.2 Å². The molecule has 2 rings (SSSR count). The van der Waals surface area contributed by atoms with Gasteiger partial charge < -0.3 is 14.8 Å². The molecule has 2 aromatic rings. The van der Waals surface area contributed by atoms with Crippen LogP contribution in [-0.4, -0.2) is 29.6 Å². The molecular formula is C19H20Cl2N2O4. The van der Waals surface area contributed by atoms with Crippen LogP contribution in [0.15, 0.2) is 36.5 Å². The minimum absolute atomic E-state index is 0.135. The van der Waals surface area contributed by atoms with Crippen molar-refractivity contribution >= 4 is 40.9 Å². The maximum absolute atomic E-state index is 12.1. The molecule has 0 saturated carbocycles. The van der Waals surface area contributed by atoms with Gasteiger partial charge in [-0.3, -0.25) is 4.79 Å². The van der Waals surface area contributed by atoms with Crippen LogP contribution in [0, 0.1) is 0 Å². The van der Waals surface area contributed by atoms with Crippen molar-refractivity contribution in [1.29, 1.82) is 0 Å². The minimum Gasteiger partial charge on any atom is -0.482 e. The Labute approximate surface area is 167 Å². The minimum atomic E-state index is -1.04. The Morgan fingerprint density at radius 1 is 1.15 bits per heavy atom. The van der Waals surface area contributed by atoms with Crippen molar-refractivity contribution in [2.45, 2.75) is 32.8 Å². The van der Waals surface area contributed by atoms with Crippen LogP contribution in [-0.2, 0) is 14.3 Å². The molecule has 0 aliphatic rings. The lowest BCUT2D eigenvalue weighted by Gasteiger charge is -2.14. The third-order valence-electron chi connectivity index (χ3n) is 3.63. The summed E-state index contributed by atoms with van der Waals surface area (Å²) in [6, 6.07) is 8.88. The van der Waals surface area contributed by atoms with E-state index in [2.05, 4.69) is 24.1 Å². The van der Waals surface area contributed by atoms with Crippen LogP contribution in [0.4, 0.5) is 5.82 Å². The molecule has 0 spiro atoms. The second-order valence-electron chi connectivity index (χ2n) is 6.12. The van der Waals surface area contributed by atoms with Gasteiger partial charge in [0.05, 0.1) is 10.0 Å². The molecule has 0 bridgehead atoms. The van der Waals surface area contributed by atoms with E-state index in [9.17, 15) is 9.59 Å². The highest BCUT2D eigenvalue weighted by atomic mass is 35.5. The first-order valence-electron chi connectivity index (χ1n) is 8.30. The number of pyridine rings is 1. The molecule has 6 nitrogen and oxygen atoms in total. The molecule has 1 amide bonds. The number of ether oxygens (including phenoxy) is 2. The molecule has 0 fully saturated rings. The Morgan fingerprint density at radius 2 is 1.81 bits per heavy atom. The molecule has 1 N–H and O–H groups in total. The summed E-state index contributed by atoms with van der Waals surface area (Å²) in [5, 5.41) is 3.00. The highest BCUT2D eigenvalue weighted by molar-refractivity contribution is 6.36. The SMILES string of the molecule is CC(C)c1ccc(OCC(=O)O[C@H](C)C(=O)Nc2ncc(Cl)cc2Cl)cc1. The lowest BCUT2D eigenvalue weighted by Crippen LogP contribution is -2.32. The second kappa shape index (κ2) is 9.58. The molecule has 1 aromatic heterocycles. The molecule has 144 valence electrons. The third kappa shape index (κ3) is 6.41. The smallest absolute Gasteiger partial charge is 0.344 e. The van der Waals surface area contributed by atoms with E-state index in [0.717, 1.165) is 0 Å². The number of esters is 1. The lowest BCUT2D eigenvalue weighted by atomic mass is 10.0. The first kappa shape index (κ1) is 21.0. The summed E-state index contributed by atoms with van der Waals surface area (Å²) in [7, 11) is 0.